The number of aromatic hydroxyl groups is 2. The first kappa shape index (κ1) is 13.0. The summed E-state index contributed by atoms with van der Waals surface area (Å²) in [6.45, 7) is -0.635. The van der Waals surface area contributed by atoms with Crippen LogP contribution in [0.4, 0.5) is 0 Å². The van der Waals surface area contributed by atoms with Crippen LogP contribution in [0, 0.1) is 0 Å². The second kappa shape index (κ2) is 5.45. The van der Waals surface area contributed by atoms with Gasteiger partial charge in [-0.15, -0.1) is 0 Å². The number of furan rings is 1. The Morgan fingerprint density at radius 1 is 1.21 bits per heavy atom. The quantitative estimate of drug-likeness (QED) is 0.724. The Balaban J connectivity index is 2.10. The van der Waals surface area contributed by atoms with E-state index in [1.54, 1.807) is 24.3 Å². The van der Waals surface area contributed by atoms with E-state index in [0.717, 1.165) is 5.56 Å². The first-order valence-electron chi connectivity index (χ1n) is 5.49. The maximum Gasteiger partial charge on any atom is 0.349 e. The molecular formula is C13H12O6. The number of ether oxygens (including phenoxy) is 1. The average molecular weight is 264 g/mol. The molecule has 1 aromatic heterocycles. The largest absolute Gasteiger partial charge is 0.504 e. The lowest BCUT2D eigenvalue weighted by Crippen LogP contribution is -2.04. The Morgan fingerprint density at radius 2 is 1.89 bits per heavy atom. The van der Waals surface area contributed by atoms with Crippen molar-refractivity contribution in [1.29, 1.82) is 0 Å². The number of aliphatic hydroxyl groups is 1. The van der Waals surface area contributed by atoms with E-state index >= 15 is 0 Å². The fourth-order valence-corrected chi connectivity index (χ4v) is 1.54. The van der Waals surface area contributed by atoms with Crippen LogP contribution in [-0.2, 0) is 18.0 Å². The summed E-state index contributed by atoms with van der Waals surface area (Å²) in [5, 5.41) is 27.8. The summed E-state index contributed by atoms with van der Waals surface area (Å²) >= 11 is 0. The molecule has 0 saturated heterocycles. The fraction of sp³-hybridized carbons (Fsp3) is 0.154. The topological polar surface area (TPSA) is 100 Å². The molecule has 0 atom stereocenters. The lowest BCUT2D eigenvalue weighted by molar-refractivity contribution is 0.0464. The average Bonchev–Trinajstić information content (AvgIpc) is 2.72. The minimum atomic E-state index is -0.928. The number of carbonyl (C=O) groups is 1. The van der Waals surface area contributed by atoms with E-state index in [0.29, 0.717) is 0 Å². The van der Waals surface area contributed by atoms with Gasteiger partial charge in [-0.2, -0.15) is 0 Å². The summed E-state index contributed by atoms with van der Waals surface area (Å²) in [7, 11) is 0. The molecule has 0 fully saturated rings. The van der Waals surface area contributed by atoms with Crippen LogP contribution in [0.2, 0.25) is 0 Å². The van der Waals surface area contributed by atoms with Gasteiger partial charge in [0.2, 0.25) is 0 Å². The molecule has 6 heteroatoms. The molecule has 0 aliphatic heterocycles. The van der Waals surface area contributed by atoms with Crippen LogP contribution in [0.1, 0.15) is 21.7 Å². The third-order valence-corrected chi connectivity index (χ3v) is 2.50. The predicted octanol–water partition coefficient (Wildman–Crippen LogP) is 1.54. The van der Waals surface area contributed by atoms with Crippen LogP contribution in [0.5, 0.6) is 11.7 Å². The van der Waals surface area contributed by atoms with E-state index in [9.17, 15) is 15.0 Å². The Kier molecular flexibility index (Phi) is 3.72. The zero-order valence-electron chi connectivity index (χ0n) is 9.87. The third-order valence-electron chi connectivity index (χ3n) is 2.50. The van der Waals surface area contributed by atoms with Gasteiger partial charge in [0.1, 0.15) is 13.2 Å². The van der Waals surface area contributed by atoms with Gasteiger partial charge in [-0.05, 0) is 5.56 Å². The maximum absolute atomic E-state index is 11.7. The number of hydrogen-bond acceptors (Lipinski definition) is 6. The lowest BCUT2D eigenvalue weighted by atomic mass is 10.2. The molecule has 0 amide bonds. The molecular weight excluding hydrogens is 252 g/mol. The maximum atomic E-state index is 11.7. The van der Waals surface area contributed by atoms with Crippen LogP contribution in [0.3, 0.4) is 0 Å². The van der Waals surface area contributed by atoms with Crippen molar-refractivity contribution in [2.45, 2.75) is 13.2 Å². The summed E-state index contributed by atoms with van der Waals surface area (Å²) < 4.78 is 9.56. The van der Waals surface area contributed by atoms with E-state index < -0.39 is 29.8 Å². The van der Waals surface area contributed by atoms with Crippen LogP contribution < -0.4 is 0 Å². The van der Waals surface area contributed by atoms with Crippen molar-refractivity contribution < 1.29 is 29.3 Å². The molecule has 0 radical (unpaired) electrons. The highest BCUT2D eigenvalue weighted by atomic mass is 16.5. The van der Waals surface area contributed by atoms with Crippen molar-refractivity contribution >= 4 is 5.97 Å². The normalized spacial score (nSPS) is 10.4. The van der Waals surface area contributed by atoms with Gasteiger partial charge in [0, 0.05) is 0 Å². The first-order valence-corrected chi connectivity index (χ1v) is 5.49. The van der Waals surface area contributed by atoms with Crippen LogP contribution in [-0.4, -0.2) is 21.3 Å². The van der Waals surface area contributed by atoms with E-state index in [2.05, 4.69) is 4.42 Å². The smallest absolute Gasteiger partial charge is 0.349 e. The van der Waals surface area contributed by atoms with Gasteiger partial charge in [-0.3, -0.25) is 0 Å². The molecule has 19 heavy (non-hydrogen) atoms. The molecule has 3 N–H and O–H groups in total. The third kappa shape index (κ3) is 2.69. The number of rotatable bonds is 4. The molecule has 0 saturated carbocycles. The van der Waals surface area contributed by atoms with E-state index in [4.69, 9.17) is 9.84 Å². The van der Waals surface area contributed by atoms with Crippen LogP contribution in [0.25, 0.3) is 0 Å². The fourth-order valence-electron chi connectivity index (χ4n) is 1.54. The monoisotopic (exact) mass is 264 g/mol. The van der Waals surface area contributed by atoms with Crippen LogP contribution in [0.15, 0.2) is 34.7 Å². The Bertz CT molecular complexity index is 572. The molecule has 0 unspecified atom stereocenters. The Labute approximate surface area is 108 Å². The zero-order valence-corrected chi connectivity index (χ0v) is 9.87. The molecule has 2 aromatic rings. The molecule has 6 nitrogen and oxygen atoms in total. The number of benzene rings is 1. The van der Waals surface area contributed by atoms with Crippen molar-refractivity contribution in [2.75, 3.05) is 0 Å². The number of esters is 1. The molecule has 0 bridgehead atoms. The van der Waals surface area contributed by atoms with Gasteiger partial charge >= 0.3 is 11.9 Å². The van der Waals surface area contributed by atoms with Crippen molar-refractivity contribution in [1.82, 2.24) is 0 Å². The molecule has 2 rings (SSSR count). The summed E-state index contributed by atoms with van der Waals surface area (Å²) in [5.41, 5.74) is 0.278. The van der Waals surface area contributed by atoms with Gasteiger partial charge in [-0.25, -0.2) is 4.79 Å². The highest BCUT2D eigenvalue weighted by molar-refractivity contribution is 5.95. The van der Waals surface area contributed by atoms with Crippen molar-refractivity contribution in [2.24, 2.45) is 0 Å². The number of aliphatic hydroxyl groups excluding tert-OH is 1. The molecule has 100 valence electrons. The highest BCUT2D eigenvalue weighted by Gasteiger charge is 2.26. The van der Waals surface area contributed by atoms with Crippen molar-refractivity contribution in [3.63, 3.8) is 0 Å². The van der Waals surface area contributed by atoms with E-state index in [1.807, 2.05) is 6.07 Å². The summed E-state index contributed by atoms with van der Waals surface area (Å²) in [5.74, 6) is -2.61. The van der Waals surface area contributed by atoms with Crippen LogP contribution >= 0.6 is 0 Å². The van der Waals surface area contributed by atoms with E-state index in [-0.39, 0.29) is 12.4 Å². The predicted molar refractivity (Wildman–Crippen MR) is 63.5 cm³/mol. The van der Waals surface area contributed by atoms with Gasteiger partial charge in [-0.1, -0.05) is 30.3 Å². The summed E-state index contributed by atoms with van der Waals surface area (Å²) in [6.07, 6.45) is 0. The second-order valence-electron chi connectivity index (χ2n) is 3.77. The number of hydrogen-bond donors (Lipinski definition) is 3. The van der Waals surface area contributed by atoms with Gasteiger partial charge in [0.05, 0.1) is 0 Å². The SMILES string of the molecule is O=C(OCc1ccccc1)c1c(O)oc(CO)c1O. The van der Waals surface area contributed by atoms with Crippen molar-refractivity contribution in [3.05, 3.63) is 47.2 Å². The van der Waals surface area contributed by atoms with Crippen molar-refractivity contribution in [3.8, 4) is 11.7 Å². The van der Waals surface area contributed by atoms with Gasteiger partial charge in [0.15, 0.2) is 17.1 Å². The minimum absolute atomic E-state index is 0.00179. The Hall–Kier alpha value is -2.47. The summed E-state index contributed by atoms with van der Waals surface area (Å²) in [4.78, 5) is 11.7. The molecule has 1 heterocycles. The second-order valence-corrected chi connectivity index (χ2v) is 3.77. The van der Waals surface area contributed by atoms with Gasteiger partial charge in [0.25, 0.3) is 0 Å². The lowest BCUT2D eigenvalue weighted by Gasteiger charge is -2.03. The Morgan fingerprint density at radius 3 is 2.47 bits per heavy atom. The molecule has 0 aliphatic rings. The number of carbonyl (C=O) groups excluding carboxylic acids is 1. The molecule has 0 aliphatic carbocycles. The first-order chi connectivity index (χ1) is 9.13. The standard InChI is InChI=1S/C13H12O6/c14-6-9-11(15)10(13(17)19-9)12(16)18-7-8-4-2-1-3-5-8/h1-5,14-15,17H,6-7H2. The molecule has 0 spiro atoms. The zero-order chi connectivity index (χ0) is 13.8. The minimum Gasteiger partial charge on any atom is -0.504 e. The highest BCUT2D eigenvalue weighted by Crippen LogP contribution is 2.34. The summed E-state index contributed by atoms with van der Waals surface area (Å²) in [6, 6.07) is 8.94. The molecule has 1 aromatic carbocycles. The van der Waals surface area contributed by atoms with Gasteiger partial charge < -0.3 is 24.5 Å². The van der Waals surface area contributed by atoms with E-state index in [1.165, 1.54) is 0 Å².